The van der Waals surface area contributed by atoms with Crippen LogP contribution >= 0.6 is 0 Å². The summed E-state index contributed by atoms with van der Waals surface area (Å²) in [7, 11) is 0. The van der Waals surface area contributed by atoms with Gasteiger partial charge in [0.15, 0.2) is 0 Å². The number of nitrogens with one attached hydrogen (secondary N) is 2. The Balaban J connectivity index is 1.45. The molecule has 0 bridgehead atoms. The summed E-state index contributed by atoms with van der Waals surface area (Å²) in [6.07, 6.45) is 0.0190. The summed E-state index contributed by atoms with van der Waals surface area (Å²) in [6, 6.07) is 19.2. The number of piperidine rings is 1. The molecular weight excluding hydrogens is 430 g/mol. The molecule has 3 aromatic rings. The highest BCUT2D eigenvalue weighted by Crippen LogP contribution is 2.25. The van der Waals surface area contributed by atoms with Crippen LogP contribution in [0.15, 0.2) is 60.7 Å². The number of aryl methyl sites for hydroxylation is 1. The molecule has 7 nitrogen and oxygen atoms in total. The van der Waals surface area contributed by atoms with Gasteiger partial charge in [-0.05, 0) is 60.7 Å². The van der Waals surface area contributed by atoms with Gasteiger partial charge in [-0.25, -0.2) is 4.79 Å². The Morgan fingerprint density at radius 1 is 1.00 bits per heavy atom. The first kappa shape index (κ1) is 23.3. The Kier molecular flexibility index (Phi) is 6.82. The third-order valence-electron chi connectivity index (χ3n) is 6.52. The highest BCUT2D eigenvalue weighted by atomic mass is 16.4. The Morgan fingerprint density at radius 2 is 1.71 bits per heavy atom. The van der Waals surface area contributed by atoms with Gasteiger partial charge < -0.3 is 20.6 Å². The second-order valence-corrected chi connectivity index (χ2v) is 8.83. The number of carboxylic acid groups (broad SMARTS) is 1. The number of fused-ring (bicyclic) bond motifs is 1. The van der Waals surface area contributed by atoms with Gasteiger partial charge >= 0.3 is 6.09 Å². The van der Waals surface area contributed by atoms with Gasteiger partial charge in [0, 0.05) is 30.3 Å². The molecule has 0 aromatic heterocycles. The average Bonchev–Trinajstić information content (AvgIpc) is 2.84. The predicted molar refractivity (Wildman–Crippen MR) is 132 cm³/mol. The van der Waals surface area contributed by atoms with Crippen LogP contribution in [0, 0.1) is 12.8 Å². The van der Waals surface area contributed by atoms with E-state index in [0.29, 0.717) is 37.2 Å². The monoisotopic (exact) mass is 459 g/mol. The summed E-state index contributed by atoms with van der Waals surface area (Å²) < 4.78 is 0. The van der Waals surface area contributed by atoms with Crippen LogP contribution in [0.1, 0.15) is 47.3 Å². The van der Waals surface area contributed by atoms with Crippen molar-refractivity contribution in [2.75, 3.05) is 18.4 Å². The van der Waals surface area contributed by atoms with Gasteiger partial charge in [-0.15, -0.1) is 0 Å². The van der Waals surface area contributed by atoms with Crippen molar-refractivity contribution in [1.82, 2.24) is 10.2 Å². The topological polar surface area (TPSA) is 98.7 Å². The van der Waals surface area contributed by atoms with E-state index in [0.717, 1.165) is 21.9 Å². The maximum Gasteiger partial charge on any atom is 0.407 e. The van der Waals surface area contributed by atoms with E-state index in [1.54, 1.807) is 12.1 Å². The van der Waals surface area contributed by atoms with E-state index in [9.17, 15) is 14.4 Å². The van der Waals surface area contributed by atoms with Crippen molar-refractivity contribution < 1.29 is 19.5 Å². The molecule has 3 aromatic carbocycles. The average molecular weight is 460 g/mol. The van der Waals surface area contributed by atoms with Crippen molar-refractivity contribution in [2.24, 2.45) is 5.92 Å². The first-order valence-corrected chi connectivity index (χ1v) is 11.5. The zero-order valence-electron chi connectivity index (χ0n) is 19.4. The second kappa shape index (κ2) is 9.95. The van der Waals surface area contributed by atoms with Crippen LogP contribution in [-0.2, 0) is 4.79 Å². The fourth-order valence-electron chi connectivity index (χ4n) is 4.50. The third-order valence-corrected chi connectivity index (χ3v) is 6.52. The number of rotatable bonds is 5. The van der Waals surface area contributed by atoms with E-state index < -0.39 is 6.09 Å². The van der Waals surface area contributed by atoms with Gasteiger partial charge in [0.2, 0.25) is 5.91 Å². The highest BCUT2D eigenvalue weighted by Gasteiger charge is 2.27. The highest BCUT2D eigenvalue weighted by molar-refractivity contribution is 5.99. The van der Waals surface area contributed by atoms with Gasteiger partial charge in [0.1, 0.15) is 0 Å². The number of hydrogen-bond donors (Lipinski definition) is 3. The summed E-state index contributed by atoms with van der Waals surface area (Å²) in [5.41, 5.74) is 2.92. The summed E-state index contributed by atoms with van der Waals surface area (Å²) in [5, 5.41) is 17.3. The van der Waals surface area contributed by atoms with Crippen LogP contribution in [0.3, 0.4) is 0 Å². The first-order valence-electron chi connectivity index (χ1n) is 11.5. The minimum atomic E-state index is -0.953. The Morgan fingerprint density at radius 3 is 2.44 bits per heavy atom. The van der Waals surface area contributed by atoms with Crippen LogP contribution in [0.2, 0.25) is 0 Å². The summed E-state index contributed by atoms with van der Waals surface area (Å²) in [6.45, 7) is 4.52. The van der Waals surface area contributed by atoms with Crippen molar-refractivity contribution in [2.45, 2.75) is 32.7 Å². The lowest BCUT2D eigenvalue weighted by molar-refractivity contribution is -0.121. The maximum absolute atomic E-state index is 13.1. The molecule has 1 unspecified atom stereocenters. The molecule has 1 heterocycles. The molecule has 1 atom stereocenters. The minimum absolute atomic E-state index is 0.149. The van der Waals surface area contributed by atoms with Crippen LogP contribution in [0.25, 0.3) is 10.8 Å². The molecule has 0 aliphatic carbocycles. The fourth-order valence-corrected chi connectivity index (χ4v) is 4.50. The van der Waals surface area contributed by atoms with Gasteiger partial charge in [-0.2, -0.15) is 0 Å². The number of amides is 3. The van der Waals surface area contributed by atoms with E-state index in [4.69, 9.17) is 5.11 Å². The van der Waals surface area contributed by atoms with Crippen molar-refractivity contribution in [3.05, 3.63) is 77.4 Å². The van der Waals surface area contributed by atoms with E-state index >= 15 is 0 Å². The number of carbonyl (C=O) groups excluding carboxylic acids is 2. The molecule has 0 radical (unpaired) electrons. The van der Waals surface area contributed by atoms with Gasteiger partial charge in [-0.1, -0.05) is 48.5 Å². The number of nitrogens with zero attached hydrogens (tertiary/aromatic N) is 1. The van der Waals surface area contributed by atoms with Crippen molar-refractivity contribution >= 4 is 34.4 Å². The smallest absolute Gasteiger partial charge is 0.407 e. The van der Waals surface area contributed by atoms with Gasteiger partial charge in [-0.3, -0.25) is 9.59 Å². The van der Waals surface area contributed by atoms with E-state index in [1.807, 2.05) is 44.2 Å². The van der Waals surface area contributed by atoms with E-state index in [1.165, 1.54) is 4.90 Å². The van der Waals surface area contributed by atoms with Crippen molar-refractivity contribution in [1.29, 1.82) is 0 Å². The molecule has 1 fully saturated rings. The number of anilines is 1. The van der Waals surface area contributed by atoms with E-state index in [-0.39, 0.29) is 23.8 Å². The molecule has 1 aliphatic heterocycles. The van der Waals surface area contributed by atoms with Crippen molar-refractivity contribution in [3.8, 4) is 0 Å². The number of hydrogen-bond acceptors (Lipinski definition) is 3. The third kappa shape index (κ3) is 5.03. The van der Waals surface area contributed by atoms with Gasteiger partial charge in [0.25, 0.3) is 5.91 Å². The molecule has 3 amide bonds. The Bertz CT molecular complexity index is 1230. The fraction of sp³-hybridized carbons (Fsp3) is 0.296. The quantitative estimate of drug-likeness (QED) is 0.502. The second-order valence-electron chi connectivity index (χ2n) is 8.83. The molecule has 1 saturated heterocycles. The lowest BCUT2D eigenvalue weighted by atomic mass is 9.96. The number of likely N-dealkylation sites (tertiary alicyclic amines) is 1. The zero-order valence-corrected chi connectivity index (χ0v) is 19.4. The molecular formula is C27H29N3O4. The van der Waals surface area contributed by atoms with Crippen LogP contribution < -0.4 is 10.6 Å². The zero-order chi connectivity index (χ0) is 24.2. The normalized spacial score (nSPS) is 15.1. The molecule has 7 heteroatoms. The Labute approximate surface area is 198 Å². The largest absolute Gasteiger partial charge is 0.465 e. The van der Waals surface area contributed by atoms with Crippen LogP contribution in [-0.4, -0.2) is 41.0 Å². The SMILES string of the molecule is Cc1ccc(NC(=O)C2CCN(C(=O)O)CC2)cc1C(=O)NC(C)c1cccc2ccccc12. The summed E-state index contributed by atoms with van der Waals surface area (Å²) >= 11 is 0. The Hall–Kier alpha value is -3.87. The summed E-state index contributed by atoms with van der Waals surface area (Å²) in [5.74, 6) is -0.603. The van der Waals surface area contributed by atoms with Crippen LogP contribution in [0.4, 0.5) is 10.5 Å². The van der Waals surface area contributed by atoms with E-state index in [2.05, 4.69) is 28.8 Å². The first-order chi connectivity index (χ1) is 16.3. The standard InChI is InChI=1S/C27H29N3O4/c1-17-10-11-21(29-25(31)20-12-14-30(15-13-20)27(33)34)16-24(17)26(32)28-18(2)22-9-5-7-19-6-3-4-8-23(19)22/h3-11,16,18,20H,12-15H2,1-2H3,(H,28,32)(H,29,31)(H,33,34). The molecule has 1 aliphatic rings. The molecule has 4 rings (SSSR count). The number of carbonyl (C=O) groups is 3. The lowest BCUT2D eigenvalue weighted by Gasteiger charge is -2.29. The predicted octanol–water partition coefficient (Wildman–Crippen LogP) is 4.97. The minimum Gasteiger partial charge on any atom is -0.465 e. The molecule has 0 saturated carbocycles. The van der Waals surface area contributed by atoms with Gasteiger partial charge in [0.05, 0.1) is 6.04 Å². The van der Waals surface area contributed by atoms with Crippen LogP contribution in [0.5, 0.6) is 0 Å². The lowest BCUT2D eigenvalue weighted by Crippen LogP contribution is -2.40. The molecule has 176 valence electrons. The number of benzene rings is 3. The maximum atomic E-state index is 13.1. The van der Waals surface area contributed by atoms with Crippen molar-refractivity contribution in [3.63, 3.8) is 0 Å². The molecule has 34 heavy (non-hydrogen) atoms. The summed E-state index contributed by atoms with van der Waals surface area (Å²) in [4.78, 5) is 38.3. The molecule has 3 N–H and O–H groups in total. The molecule has 0 spiro atoms.